The molecule has 0 radical (unpaired) electrons. The lowest BCUT2D eigenvalue weighted by atomic mass is 10.2. The first-order valence-corrected chi connectivity index (χ1v) is 11.7. The fourth-order valence-electron chi connectivity index (χ4n) is 2.62. The molecule has 0 aliphatic heterocycles. The molecule has 0 amide bonds. The lowest BCUT2D eigenvalue weighted by Gasteiger charge is -2.04. The van der Waals surface area contributed by atoms with Crippen LogP contribution in [0.1, 0.15) is 5.69 Å². The van der Waals surface area contributed by atoms with Gasteiger partial charge in [0.25, 0.3) is 0 Å². The Hall–Kier alpha value is -3.41. The average Bonchev–Trinajstić information content (AvgIpc) is 2.85. The molecule has 4 aromatic heterocycles. The van der Waals surface area contributed by atoms with Gasteiger partial charge >= 0.3 is 0 Å². The number of rotatable bonds is 4. The van der Waals surface area contributed by atoms with Crippen LogP contribution in [0.3, 0.4) is 0 Å². The van der Waals surface area contributed by atoms with Gasteiger partial charge in [-0.1, -0.05) is 12.1 Å². The van der Waals surface area contributed by atoms with Gasteiger partial charge in [0.1, 0.15) is 17.5 Å². The second-order valence-electron chi connectivity index (χ2n) is 6.10. The molecule has 0 atom stereocenters. The summed E-state index contributed by atoms with van der Waals surface area (Å²) >= 11 is 3.19. The molecule has 0 unspecified atom stereocenters. The minimum absolute atomic E-state index is 0.424. The maximum atomic E-state index is 11.6. The summed E-state index contributed by atoms with van der Waals surface area (Å²) in [4.78, 5) is 14.7. The van der Waals surface area contributed by atoms with E-state index in [0.29, 0.717) is 17.1 Å². The molecule has 0 fully saturated rings. The third-order valence-corrected chi connectivity index (χ3v) is 5.56. The Morgan fingerprint density at radius 3 is 2.10 bits per heavy atom. The summed E-state index contributed by atoms with van der Waals surface area (Å²) in [5.74, 6) is 0. The number of hydrogen-bond donors (Lipinski definition) is 0. The van der Waals surface area contributed by atoms with Crippen LogP contribution in [0, 0.1) is 16.5 Å². The summed E-state index contributed by atoms with van der Waals surface area (Å²) in [5, 5.41) is 20.4. The van der Waals surface area contributed by atoms with Crippen molar-refractivity contribution in [2.75, 3.05) is 12.5 Å². The van der Waals surface area contributed by atoms with E-state index >= 15 is 0 Å². The van der Waals surface area contributed by atoms with Gasteiger partial charge in [-0.25, -0.2) is 9.97 Å². The molecular formula is C23H19N5OS2. The molecular weight excluding hydrogens is 426 g/mol. The Morgan fingerprint density at radius 2 is 1.52 bits per heavy atom. The van der Waals surface area contributed by atoms with E-state index in [0.717, 1.165) is 25.9 Å². The predicted octanol–water partition coefficient (Wildman–Crippen LogP) is 4.84. The molecule has 0 aliphatic carbocycles. The van der Waals surface area contributed by atoms with Crippen molar-refractivity contribution >= 4 is 23.5 Å². The number of aromatic nitrogens is 4. The van der Waals surface area contributed by atoms with E-state index in [1.54, 1.807) is 48.1 Å². The van der Waals surface area contributed by atoms with Gasteiger partial charge in [-0.3, -0.25) is 4.98 Å². The highest BCUT2D eigenvalue weighted by Crippen LogP contribution is 2.22. The maximum Gasteiger partial charge on any atom is 0.243 e. The van der Waals surface area contributed by atoms with E-state index in [1.807, 2.05) is 61.0 Å². The van der Waals surface area contributed by atoms with E-state index in [-0.39, 0.29) is 0 Å². The summed E-state index contributed by atoms with van der Waals surface area (Å²) < 4.78 is 0.835. The zero-order chi connectivity index (χ0) is 22.1. The van der Waals surface area contributed by atoms with Crippen molar-refractivity contribution in [2.24, 2.45) is 0 Å². The standard InChI is InChI=1S/C12H9N3S.C11H10N2OS/c1-16-10-6-9(8-13)15-12(7-10)11-4-2-3-5-14-11;1-15-9-5-7-13(14)11(8-9)10-4-2-3-6-12-10/h2-7H,1H3;2-8H,1H3. The summed E-state index contributed by atoms with van der Waals surface area (Å²) in [6, 6.07) is 20.6. The topological polar surface area (TPSA) is 89.4 Å². The molecule has 4 heterocycles. The fourth-order valence-corrected chi connectivity index (χ4v) is 3.51. The summed E-state index contributed by atoms with van der Waals surface area (Å²) in [6.45, 7) is 0. The highest BCUT2D eigenvalue weighted by Gasteiger charge is 2.10. The van der Waals surface area contributed by atoms with Gasteiger partial charge in [-0.05, 0) is 48.9 Å². The molecule has 31 heavy (non-hydrogen) atoms. The molecule has 0 aromatic carbocycles. The summed E-state index contributed by atoms with van der Waals surface area (Å²) in [7, 11) is 0. The van der Waals surface area contributed by atoms with Crippen LogP contribution in [0.15, 0.2) is 89.0 Å². The monoisotopic (exact) mass is 445 g/mol. The first kappa shape index (κ1) is 22.3. The number of nitriles is 1. The van der Waals surface area contributed by atoms with E-state index < -0.39 is 0 Å². The molecule has 0 saturated carbocycles. The van der Waals surface area contributed by atoms with Crippen molar-refractivity contribution in [2.45, 2.75) is 9.79 Å². The number of hydrogen-bond acceptors (Lipinski definition) is 7. The molecule has 0 aliphatic rings. The lowest BCUT2D eigenvalue weighted by Crippen LogP contribution is -2.28. The molecule has 6 nitrogen and oxygen atoms in total. The second kappa shape index (κ2) is 11.1. The Bertz CT molecular complexity index is 1180. The van der Waals surface area contributed by atoms with Gasteiger partial charge in [0.2, 0.25) is 5.69 Å². The summed E-state index contributed by atoms with van der Waals surface area (Å²) in [6.07, 6.45) is 8.86. The van der Waals surface area contributed by atoms with E-state index in [1.165, 1.54) is 6.20 Å². The van der Waals surface area contributed by atoms with Gasteiger partial charge in [0.05, 0.1) is 11.4 Å². The molecule has 0 saturated heterocycles. The largest absolute Gasteiger partial charge is 0.618 e. The SMILES string of the molecule is CSc1cc(C#N)nc(-c2ccccn2)c1.CSc1cc[n+]([O-])c(-c2ccccn2)c1. The Morgan fingerprint density at radius 1 is 0.839 bits per heavy atom. The van der Waals surface area contributed by atoms with E-state index in [9.17, 15) is 5.21 Å². The third kappa shape index (κ3) is 6.04. The minimum atomic E-state index is 0.424. The van der Waals surface area contributed by atoms with Crippen molar-refractivity contribution in [3.05, 3.63) is 90.2 Å². The lowest BCUT2D eigenvalue weighted by molar-refractivity contribution is -0.594. The smallest absolute Gasteiger partial charge is 0.243 e. The van der Waals surface area contributed by atoms with Crippen molar-refractivity contribution in [1.82, 2.24) is 15.0 Å². The Kier molecular flexibility index (Phi) is 7.98. The fraction of sp³-hybridized carbons (Fsp3) is 0.0870. The van der Waals surface area contributed by atoms with Crippen LogP contribution in [0.2, 0.25) is 0 Å². The minimum Gasteiger partial charge on any atom is -0.618 e. The number of nitrogens with zero attached hydrogens (tertiary/aromatic N) is 5. The zero-order valence-electron chi connectivity index (χ0n) is 17.0. The molecule has 0 bridgehead atoms. The Labute approximate surface area is 189 Å². The normalized spacial score (nSPS) is 9.97. The van der Waals surface area contributed by atoms with E-state index in [4.69, 9.17) is 5.26 Å². The van der Waals surface area contributed by atoms with Crippen LogP contribution < -0.4 is 4.73 Å². The molecule has 0 N–H and O–H groups in total. The first-order chi connectivity index (χ1) is 15.1. The van der Waals surface area contributed by atoms with Crippen molar-refractivity contribution in [3.8, 4) is 28.8 Å². The molecule has 4 aromatic rings. The molecule has 0 spiro atoms. The van der Waals surface area contributed by atoms with Crippen LogP contribution in [-0.4, -0.2) is 27.5 Å². The van der Waals surface area contributed by atoms with Crippen LogP contribution >= 0.6 is 23.5 Å². The predicted molar refractivity (Wildman–Crippen MR) is 124 cm³/mol. The van der Waals surface area contributed by atoms with Crippen LogP contribution in [0.25, 0.3) is 22.8 Å². The van der Waals surface area contributed by atoms with Gasteiger partial charge < -0.3 is 5.21 Å². The van der Waals surface area contributed by atoms with Crippen molar-refractivity contribution in [1.29, 1.82) is 5.26 Å². The quantitative estimate of drug-likeness (QED) is 0.252. The summed E-state index contributed by atoms with van der Waals surface area (Å²) in [5.41, 5.74) is 3.23. The first-order valence-electron chi connectivity index (χ1n) is 9.20. The van der Waals surface area contributed by atoms with Gasteiger partial charge in [0, 0.05) is 34.3 Å². The molecule has 154 valence electrons. The van der Waals surface area contributed by atoms with Gasteiger partial charge in [-0.2, -0.15) is 9.99 Å². The zero-order valence-corrected chi connectivity index (χ0v) is 18.6. The number of pyridine rings is 4. The molecule has 4 rings (SSSR count). The van der Waals surface area contributed by atoms with Crippen LogP contribution in [-0.2, 0) is 0 Å². The second-order valence-corrected chi connectivity index (χ2v) is 7.86. The van der Waals surface area contributed by atoms with Crippen molar-refractivity contribution in [3.63, 3.8) is 0 Å². The Balaban J connectivity index is 0.000000176. The van der Waals surface area contributed by atoms with Gasteiger partial charge in [0.15, 0.2) is 6.20 Å². The maximum absolute atomic E-state index is 11.6. The van der Waals surface area contributed by atoms with Gasteiger partial charge in [-0.15, -0.1) is 23.5 Å². The highest BCUT2D eigenvalue weighted by molar-refractivity contribution is 7.98. The van der Waals surface area contributed by atoms with Crippen molar-refractivity contribution < 1.29 is 4.73 Å². The third-order valence-electron chi connectivity index (χ3n) is 4.13. The van der Waals surface area contributed by atoms with Crippen LogP contribution in [0.5, 0.6) is 0 Å². The van der Waals surface area contributed by atoms with Crippen LogP contribution in [0.4, 0.5) is 0 Å². The number of thioether (sulfide) groups is 2. The van der Waals surface area contributed by atoms with E-state index in [2.05, 4.69) is 21.0 Å². The highest BCUT2D eigenvalue weighted by atomic mass is 32.2. The molecule has 8 heteroatoms. The average molecular weight is 446 g/mol.